The maximum Gasteiger partial charge on any atom is 0.279 e. The Morgan fingerprint density at radius 2 is 1.74 bits per heavy atom. The molecule has 0 aromatic heterocycles. The molecule has 1 aromatic carbocycles. The third-order valence-electron chi connectivity index (χ3n) is 3.01. The number of quaternary nitrogens is 1. The minimum absolute atomic E-state index is 0.0507. The molecule has 23 heavy (non-hydrogen) atoms. The van der Waals surface area contributed by atoms with Crippen LogP contribution in [0.3, 0.4) is 0 Å². The molecule has 8 heteroatoms. The zero-order valence-electron chi connectivity index (χ0n) is 13.5. The monoisotopic (exact) mass is 341 g/mol. The molecule has 3 N–H and O–H groups in total. The number of rotatable bonds is 7. The highest BCUT2D eigenvalue weighted by atomic mass is 35.5. The van der Waals surface area contributed by atoms with Crippen LogP contribution in [0.1, 0.15) is 0 Å². The van der Waals surface area contributed by atoms with E-state index in [0.29, 0.717) is 15.6 Å². The van der Waals surface area contributed by atoms with E-state index in [9.17, 15) is 14.4 Å². The standard InChI is InChI=1S/C15H21ClN4O3/c1-19(2)15(23)8-17-13(21)9-20(3)10-14(22)18-12-7-5-4-6-11(12)16/h4-7H,8-10H2,1-3H3,(H,17,21)(H,18,22)/p+1. The van der Waals surface area contributed by atoms with E-state index in [4.69, 9.17) is 11.6 Å². The first-order valence-electron chi connectivity index (χ1n) is 7.12. The molecule has 0 radical (unpaired) electrons. The second-order valence-corrected chi connectivity index (χ2v) is 5.81. The van der Waals surface area contributed by atoms with Crippen molar-refractivity contribution < 1.29 is 19.3 Å². The van der Waals surface area contributed by atoms with Crippen molar-refractivity contribution in [2.75, 3.05) is 46.1 Å². The van der Waals surface area contributed by atoms with Gasteiger partial charge in [0, 0.05) is 14.1 Å². The fourth-order valence-electron chi connectivity index (χ4n) is 1.76. The number of hydrogen-bond acceptors (Lipinski definition) is 3. The smallest absolute Gasteiger partial charge is 0.279 e. The number of amides is 3. The quantitative estimate of drug-likeness (QED) is 0.595. The first-order chi connectivity index (χ1) is 10.8. The van der Waals surface area contributed by atoms with E-state index in [2.05, 4.69) is 10.6 Å². The lowest BCUT2D eigenvalue weighted by Crippen LogP contribution is -3.11. The van der Waals surface area contributed by atoms with Crippen LogP contribution in [0, 0.1) is 0 Å². The first-order valence-corrected chi connectivity index (χ1v) is 7.50. The highest BCUT2D eigenvalue weighted by Gasteiger charge is 2.15. The van der Waals surface area contributed by atoms with Gasteiger partial charge in [0.15, 0.2) is 13.1 Å². The Morgan fingerprint density at radius 3 is 2.35 bits per heavy atom. The van der Waals surface area contributed by atoms with Crippen molar-refractivity contribution in [3.63, 3.8) is 0 Å². The normalized spacial score (nSPS) is 11.5. The molecule has 1 rings (SSSR count). The molecule has 126 valence electrons. The van der Waals surface area contributed by atoms with Crippen molar-refractivity contribution in [2.24, 2.45) is 0 Å². The van der Waals surface area contributed by atoms with Gasteiger partial charge in [-0.15, -0.1) is 0 Å². The van der Waals surface area contributed by atoms with Crippen molar-refractivity contribution in [1.82, 2.24) is 10.2 Å². The number of nitrogens with zero attached hydrogens (tertiary/aromatic N) is 1. The van der Waals surface area contributed by atoms with Crippen molar-refractivity contribution in [2.45, 2.75) is 0 Å². The van der Waals surface area contributed by atoms with Gasteiger partial charge in [-0.25, -0.2) is 0 Å². The summed E-state index contributed by atoms with van der Waals surface area (Å²) in [5.74, 6) is -0.719. The number of carbonyl (C=O) groups excluding carboxylic acids is 3. The molecule has 0 heterocycles. The van der Waals surface area contributed by atoms with Crippen LogP contribution in [0.2, 0.25) is 5.02 Å². The number of anilines is 1. The van der Waals surface area contributed by atoms with Gasteiger partial charge in [0.1, 0.15) is 0 Å². The Kier molecular flexibility index (Phi) is 7.50. The van der Waals surface area contributed by atoms with Crippen molar-refractivity contribution in [3.8, 4) is 0 Å². The van der Waals surface area contributed by atoms with Gasteiger partial charge in [-0.2, -0.15) is 0 Å². The number of hydrogen-bond donors (Lipinski definition) is 3. The molecule has 1 atom stereocenters. The molecule has 0 saturated carbocycles. The summed E-state index contributed by atoms with van der Waals surface area (Å²) in [5.41, 5.74) is 0.535. The van der Waals surface area contributed by atoms with Crippen LogP contribution in [-0.4, -0.2) is 63.4 Å². The van der Waals surface area contributed by atoms with E-state index in [-0.39, 0.29) is 37.4 Å². The van der Waals surface area contributed by atoms with E-state index in [1.54, 1.807) is 45.4 Å². The number of halogens is 1. The summed E-state index contributed by atoms with van der Waals surface area (Å²) >= 11 is 5.96. The summed E-state index contributed by atoms with van der Waals surface area (Å²) in [7, 11) is 4.95. The summed E-state index contributed by atoms with van der Waals surface area (Å²) in [5, 5.41) is 5.68. The lowest BCUT2D eigenvalue weighted by atomic mass is 10.3. The maximum atomic E-state index is 11.9. The van der Waals surface area contributed by atoms with Crippen LogP contribution in [0.5, 0.6) is 0 Å². The van der Waals surface area contributed by atoms with Gasteiger partial charge in [-0.3, -0.25) is 14.4 Å². The molecule has 0 fully saturated rings. The third-order valence-corrected chi connectivity index (χ3v) is 3.34. The average Bonchev–Trinajstić information content (AvgIpc) is 2.46. The second-order valence-electron chi connectivity index (χ2n) is 5.40. The van der Waals surface area contributed by atoms with E-state index in [1.165, 1.54) is 4.90 Å². The Bertz CT molecular complexity index is 578. The molecule has 0 aliphatic heterocycles. The van der Waals surface area contributed by atoms with Crippen molar-refractivity contribution >= 4 is 35.0 Å². The third kappa shape index (κ3) is 7.12. The molecule has 0 bridgehead atoms. The van der Waals surface area contributed by atoms with Gasteiger partial charge in [0.05, 0.1) is 24.3 Å². The molecule has 0 aliphatic carbocycles. The van der Waals surface area contributed by atoms with Crippen molar-refractivity contribution in [1.29, 1.82) is 0 Å². The van der Waals surface area contributed by atoms with Gasteiger partial charge >= 0.3 is 0 Å². The highest BCUT2D eigenvalue weighted by Crippen LogP contribution is 2.19. The topological polar surface area (TPSA) is 83.0 Å². The number of para-hydroxylation sites is 1. The first kappa shape index (κ1) is 18.9. The minimum atomic E-state index is -0.289. The average molecular weight is 342 g/mol. The summed E-state index contributed by atoms with van der Waals surface area (Å²) in [6.45, 7) is 0.155. The molecule has 1 aromatic rings. The van der Waals surface area contributed by atoms with E-state index < -0.39 is 0 Å². The summed E-state index contributed by atoms with van der Waals surface area (Å²) in [6, 6.07) is 6.93. The van der Waals surface area contributed by atoms with Crippen molar-refractivity contribution in [3.05, 3.63) is 29.3 Å². The molecule has 0 saturated heterocycles. The zero-order chi connectivity index (χ0) is 17.4. The minimum Gasteiger partial charge on any atom is -0.347 e. The van der Waals surface area contributed by atoms with Gasteiger partial charge in [0.25, 0.3) is 11.8 Å². The predicted molar refractivity (Wildman–Crippen MR) is 88.4 cm³/mol. The number of carbonyl (C=O) groups is 3. The number of benzene rings is 1. The van der Waals surface area contributed by atoms with Gasteiger partial charge < -0.3 is 20.4 Å². The van der Waals surface area contributed by atoms with Gasteiger partial charge in [-0.05, 0) is 12.1 Å². The summed E-state index contributed by atoms with van der Waals surface area (Å²) < 4.78 is 0. The Morgan fingerprint density at radius 1 is 1.13 bits per heavy atom. The van der Waals surface area contributed by atoms with Crippen LogP contribution in [-0.2, 0) is 14.4 Å². The van der Waals surface area contributed by atoms with Crippen LogP contribution in [0.25, 0.3) is 0 Å². The zero-order valence-corrected chi connectivity index (χ0v) is 14.2. The molecule has 0 spiro atoms. The van der Waals surface area contributed by atoms with E-state index in [1.807, 2.05) is 0 Å². The summed E-state index contributed by atoms with van der Waals surface area (Å²) in [4.78, 5) is 37.1. The SMILES string of the molecule is CN(C)C(=O)CNC(=O)C[NH+](C)CC(=O)Nc1ccccc1Cl. The highest BCUT2D eigenvalue weighted by molar-refractivity contribution is 6.33. The number of likely N-dealkylation sites (N-methyl/N-ethyl adjacent to an activating group) is 2. The Labute approximate surface area is 140 Å². The van der Waals surface area contributed by atoms with E-state index >= 15 is 0 Å². The van der Waals surface area contributed by atoms with Gasteiger partial charge in [0.2, 0.25) is 5.91 Å². The van der Waals surface area contributed by atoms with Crippen LogP contribution in [0.15, 0.2) is 24.3 Å². The lowest BCUT2D eigenvalue weighted by molar-refractivity contribution is -0.862. The second kappa shape index (κ2) is 9.12. The Hall–Kier alpha value is -2.12. The fraction of sp³-hybridized carbons (Fsp3) is 0.400. The van der Waals surface area contributed by atoms with Gasteiger partial charge in [-0.1, -0.05) is 23.7 Å². The number of nitrogens with one attached hydrogen (secondary N) is 3. The molecule has 0 aliphatic rings. The largest absolute Gasteiger partial charge is 0.347 e. The Balaban J connectivity index is 2.36. The molecular weight excluding hydrogens is 320 g/mol. The molecular formula is C15H22ClN4O3+. The molecule has 1 unspecified atom stereocenters. The predicted octanol–water partition coefficient (Wildman–Crippen LogP) is -1.00. The summed E-state index contributed by atoms with van der Waals surface area (Å²) in [6.07, 6.45) is 0. The fourth-order valence-corrected chi connectivity index (χ4v) is 1.95. The maximum absolute atomic E-state index is 11.9. The van der Waals surface area contributed by atoms with Crippen LogP contribution >= 0.6 is 11.6 Å². The molecule has 7 nitrogen and oxygen atoms in total. The van der Waals surface area contributed by atoms with Crippen LogP contribution < -0.4 is 15.5 Å². The molecule has 3 amide bonds. The van der Waals surface area contributed by atoms with Crippen LogP contribution in [0.4, 0.5) is 5.69 Å². The lowest BCUT2D eigenvalue weighted by Gasteiger charge is -2.15. The van der Waals surface area contributed by atoms with E-state index in [0.717, 1.165) is 0 Å².